The summed E-state index contributed by atoms with van der Waals surface area (Å²) in [5.74, 6) is 0.637. The van der Waals surface area contributed by atoms with Crippen LogP contribution in [-0.2, 0) is 0 Å². The van der Waals surface area contributed by atoms with Crippen molar-refractivity contribution in [1.82, 2.24) is 0 Å². The third-order valence-electron chi connectivity index (χ3n) is 1.11. The smallest absolute Gasteiger partial charge is 0.000850 e. The first-order chi connectivity index (χ1) is 3.43. The molecule has 1 aliphatic carbocycles. The Balaban J connectivity index is 2.30. The summed E-state index contributed by atoms with van der Waals surface area (Å²) in [7, 11) is 0. The molecule has 38 valence electrons. The van der Waals surface area contributed by atoms with Crippen LogP contribution in [0.2, 0.25) is 0 Å². The molecular formula is C6H7Cl. The average Bonchev–Trinajstić information content (AvgIpc) is 1.55. The van der Waals surface area contributed by atoms with E-state index in [9.17, 15) is 0 Å². The Bertz CT molecular complexity index is 103. The van der Waals surface area contributed by atoms with Crippen LogP contribution in [-0.4, -0.2) is 0 Å². The third-order valence-corrected chi connectivity index (χ3v) is 1.26. The number of hydrogen-bond acceptors (Lipinski definition) is 0. The predicted octanol–water partition coefficient (Wildman–Crippen LogP) is 2.32. The van der Waals surface area contributed by atoms with Crippen LogP contribution in [0.5, 0.6) is 0 Å². The standard InChI is InChI=1S/C6H7Cl/c7-5-4-6-2-1-3-6/h1-2,4-6H,3H2. The first-order valence-electron chi connectivity index (χ1n) is 2.37. The van der Waals surface area contributed by atoms with Gasteiger partial charge in [0, 0.05) is 5.54 Å². The van der Waals surface area contributed by atoms with Gasteiger partial charge in [-0.2, -0.15) is 0 Å². The lowest BCUT2D eigenvalue weighted by Gasteiger charge is -2.10. The zero-order chi connectivity index (χ0) is 5.11. The van der Waals surface area contributed by atoms with Crippen molar-refractivity contribution in [2.75, 3.05) is 0 Å². The molecule has 1 unspecified atom stereocenters. The average molecular weight is 115 g/mol. The summed E-state index contributed by atoms with van der Waals surface area (Å²) in [5.41, 5.74) is 1.58. The zero-order valence-electron chi connectivity index (χ0n) is 3.97. The van der Waals surface area contributed by atoms with Crippen LogP contribution in [0.3, 0.4) is 0 Å². The SMILES string of the molecule is ClC=CC1C=CC1. The van der Waals surface area contributed by atoms with Gasteiger partial charge in [0.2, 0.25) is 0 Å². The summed E-state index contributed by atoms with van der Waals surface area (Å²) in [6.07, 6.45) is 7.44. The Hall–Kier alpha value is -0.230. The van der Waals surface area contributed by atoms with Crippen LogP contribution in [0.25, 0.3) is 0 Å². The maximum absolute atomic E-state index is 5.29. The first-order valence-corrected chi connectivity index (χ1v) is 2.80. The Labute approximate surface area is 48.5 Å². The van der Waals surface area contributed by atoms with Crippen LogP contribution in [0.4, 0.5) is 0 Å². The maximum Gasteiger partial charge on any atom is 0.000850 e. The van der Waals surface area contributed by atoms with E-state index >= 15 is 0 Å². The van der Waals surface area contributed by atoms with E-state index in [0.29, 0.717) is 5.92 Å². The summed E-state index contributed by atoms with van der Waals surface area (Å²) < 4.78 is 0. The van der Waals surface area contributed by atoms with Crippen molar-refractivity contribution in [2.45, 2.75) is 6.42 Å². The second kappa shape index (κ2) is 2.17. The van der Waals surface area contributed by atoms with E-state index in [4.69, 9.17) is 11.6 Å². The first kappa shape index (κ1) is 4.92. The van der Waals surface area contributed by atoms with E-state index < -0.39 is 0 Å². The number of hydrogen-bond donors (Lipinski definition) is 0. The number of halogens is 1. The fourth-order valence-corrected chi connectivity index (χ4v) is 0.716. The molecule has 0 N–H and O–H groups in total. The van der Waals surface area contributed by atoms with Crippen LogP contribution in [0.15, 0.2) is 23.8 Å². The highest BCUT2D eigenvalue weighted by molar-refractivity contribution is 6.25. The molecule has 1 atom stereocenters. The number of rotatable bonds is 1. The summed E-state index contributed by atoms with van der Waals surface area (Å²) in [6, 6.07) is 0. The van der Waals surface area contributed by atoms with Crippen LogP contribution in [0.1, 0.15) is 6.42 Å². The lowest BCUT2D eigenvalue weighted by atomic mass is 9.96. The quantitative estimate of drug-likeness (QED) is 0.459. The second-order valence-corrected chi connectivity index (χ2v) is 1.90. The highest BCUT2D eigenvalue weighted by Crippen LogP contribution is 2.17. The van der Waals surface area contributed by atoms with Gasteiger partial charge in [0.1, 0.15) is 0 Å². The van der Waals surface area contributed by atoms with Gasteiger partial charge in [-0.3, -0.25) is 0 Å². The topological polar surface area (TPSA) is 0 Å². The molecule has 0 aromatic carbocycles. The normalized spacial score (nSPS) is 28.4. The summed E-state index contributed by atoms with van der Waals surface area (Å²) in [6.45, 7) is 0. The lowest BCUT2D eigenvalue weighted by molar-refractivity contribution is 0.761. The minimum atomic E-state index is 0.637. The maximum atomic E-state index is 5.29. The molecule has 0 bridgehead atoms. The van der Waals surface area contributed by atoms with Crippen LogP contribution >= 0.6 is 11.6 Å². The predicted molar refractivity (Wildman–Crippen MR) is 32.2 cm³/mol. The molecule has 0 fully saturated rings. The molecular weight excluding hydrogens is 108 g/mol. The molecule has 0 aromatic heterocycles. The molecule has 0 aromatic rings. The fourth-order valence-electron chi connectivity index (χ4n) is 0.529. The molecule has 0 heterocycles. The van der Waals surface area contributed by atoms with E-state index in [0.717, 1.165) is 0 Å². The highest BCUT2D eigenvalue weighted by atomic mass is 35.5. The van der Waals surface area contributed by atoms with Crippen molar-refractivity contribution >= 4 is 11.6 Å². The Morgan fingerprint density at radius 1 is 1.71 bits per heavy atom. The zero-order valence-corrected chi connectivity index (χ0v) is 4.73. The molecule has 0 spiro atoms. The Kier molecular flexibility index (Phi) is 1.53. The van der Waals surface area contributed by atoms with Crippen molar-refractivity contribution in [2.24, 2.45) is 5.92 Å². The lowest BCUT2D eigenvalue weighted by Crippen LogP contribution is -1.96. The Morgan fingerprint density at radius 2 is 2.43 bits per heavy atom. The second-order valence-electron chi connectivity index (χ2n) is 1.65. The van der Waals surface area contributed by atoms with Gasteiger partial charge < -0.3 is 0 Å². The molecule has 1 heteroatoms. The van der Waals surface area contributed by atoms with Crippen LogP contribution < -0.4 is 0 Å². The molecule has 0 aliphatic heterocycles. The van der Waals surface area contributed by atoms with Crippen LogP contribution in [0, 0.1) is 5.92 Å². The molecule has 0 saturated heterocycles. The molecule has 7 heavy (non-hydrogen) atoms. The van der Waals surface area contributed by atoms with E-state index in [1.807, 2.05) is 6.08 Å². The van der Waals surface area contributed by atoms with E-state index in [-0.39, 0.29) is 0 Å². The van der Waals surface area contributed by atoms with Crippen molar-refractivity contribution in [3.8, 4) is 0 Å². The molecule has 1 aliphatic rings. The van der Waals surface area contributed by atoms with Gasteiger partial charge in [-0.05, 0) is 12.3 Å². The van der Waals surface area contributed by atoms with Gasteiger partial charge in [0.25, 0.3) is 0 Å². The largest absolute Gasteiger partial charge is 0.0933 e. The van der Waals surface area contributed by atoms with Gasteiger partial charge in [0.05, 0.1) is 0 Å². The molecule has 0 saturated carbocycles. The molecule has 0 amide bonds. The minimum absolute atomic E-state index is 0.637. The van der Waals surface area contributed by atoms with Crippen molar-refractivity contribution in [3.05, 3.63) is 23.8 Å². The van der Waals surface area contributed by atoms with Gasteiger partial charge in [-0.25, -0.2) is 0 Å². The highest BCUT2D eigenvalue weighted by Gasteiger charge is 2.02. The molecule has 0 radical (unpaired) electrons. The van der Waals surface area contributed by atoms with Crippen molar-refractivity contribution in [1.29, 1.82) is 0 Å². The minimum Gasteiger partial charge on any atom is -0.0933 e. The Morgan fingerprint density at radius 3 is 2.57 bits per heavy atom. The van der Waals surface area contributed by atoms with E-state index in [2.05, 4.69) is 12.2 Å². The van der Waals surface area contributed by atoms with E-state index in [1.54, 1.807) is 5.54 Å². The summed E-state index contributed by atoms with van der Waals surface area (Å²) >= 11 is 5.29. The fraction of sp³-hybridized carbons (Fsp3) is 0.333. The molecule has 1 rings (SSSR count). The van der Waals surface area contributed by atoms with Gasteiger partial charge in [-0.15, -0.1) is 0 Å². The monoisotopic (exact) mass is 114 g/mol. The van der Waals surface area contributed by atoms with Gasteiger partial charge in [0.15, 0.2) is 0 Å². The van der Waals surface area contributed by atoms with E-state index in [1.165, 1.54) is 6.42 Å². The van der Waals surface area contributed by atoms with Gasteiger partial charge in [-0.1, -0.05) is 29.8 Å². The van der Waals surface area contributed by atoms with Gasteiger partial charge >= 0.3 is 0 Å². The van der Waals surface area contributed by atoms with Crippen molar-refractivity contribution < 1.29 is 0 Å². The molecule has 0 nitrogen and oxygen atoms in total. The number of allylic oxidation sites excluding steroid dienone is 3. The summed E-state index contributed by atoms with van der Waals surface area (Å²) in [4.78, 5) is 0. The third kappa shape index (κ3) is 1.07. The summed E-state index contributed by atoms with van der Waals surface area (Å²) in [5, 5.41) is 0. The van der Waals surface area contributed by atoms with Crippen molar-refractivity contribution in [3.63, 3.8) is 0 Å².